The zero-order valence-corrected chi connectivity index (χ0v) is 12.5. The van der Waals surface area contributed by atoms with Gasteiger partial charge in [-0.05, 0) is 37.3 Å². The molecular weight excluding hydrogens is 268 g/mol. The Hall–Kier alpha value is -1.59. The van der Waals surface area contributed by atoms with Gasteiger partial charge in [0.25, 0.3) is 0 Å². The van der Waals surface area contributed by atoms with Gasteiger partial charge in [0.15, 0.2) is 0 Å². The maximum atomic E-state index is 11.7. The third-order valence-electron chi connectivity index (χ3n) is 3.81. The van der Waals surface area contributed by atoms with E-state index < -0.39 is 5.60 Å². The van der Waals surface area contributed by atoms with E-state index in [0.29, 0.717) is 26.3 Å². The van der Waals surface area contributed by atoms with Gasteiger partial charge in [-0.2, -0.15) is 0 Å². The SMILES string of the molecule is CCOCc1ccc(CNC(=O)NCC2(O)CCC2)cc1. The number of carbonyl (C=O) groups is 1. The predicted molar refractivity (Wildman–Crippen MR) is 80.8 cm³/mol. The molecule has 0 saturated heterocycles. The monoisotopic (exact) mass is 292 g/mol. The van der Waals surface area contributed by atoms with E-state index in [1.165, 1.54) is 0 Å². The van der Waals surface area contributed by atoms with Crippen molar-refractivity contribution >= 4 is 6.03 Å². The molecule has 1 aliphatic carbocycles. The van der Waals surface area contributed by atoms with Crippen LogP contribution in [0.5, 0.6) is 0 Å². The summed E-state index contributed by atoms with van der Waals surface area (Å²) in [5.41, 5.74) is 1.48. The number of ether oxygens (including phenoxy) is 1. The summed E-state index contributed by atoms with van der Waals surface area (Å²) in [6.07, 6.45) is 2.58. The molecule has 21 heavy (non-hydrogen) atoms. The van der Waals surface area contributed by atoms with Crippen molar-refractivity contribution in [2.24, 2.45) is 0 Å². The predicted octanol–water partition coefficient (Wildman–Crippen LogP) is 1.94. The van der Waals surface area contributed by atoms with E-state index in [1.807, 2.05) is 31.2 Å². The Morgan fingerprint density at radius 2 is 1.90 bits per heavy atom. The fraction of sp³-hybridized carbons (Fsp3) is 0.562. The minimum absolute atomic E-state index is 0.242. The number of nitrogens with one attached hydrogen (secondary N) is 2. The Morgan fingerprint density at radius 3 is 2.48 bits per heavy atom. The summed E-state index contributed by atoms with van der Waals surface area (Å²) in [7, 11) is 0. The number of aliphatic hydroxyl groups is 1. The first kappa shape index (κ1) is 15.8. The van der Waals surface area contributed by atoms with Crippen LogP contribution in [-0.2, 0) is 17.9 Å². The van der Waals surface area contributed by atoms with E-state index >= 15 is 0 Å². The molecule has 5 heteroatoms. The first-order chi connectivity index (χ1) is 10.1. The molecule has 1 aromatic carbocycles. The highest BCUT2D eigenvalue weighted by molar-refractivity contribution is 5.73. The lowest BCUT2D eigenvalue weighted by molar-refractivity contribution is -0.0290. The van der Waals surface area contributed by atoms with Crippen molar-refractivity contribution in [3.05, 3.63) is 35.4 Å². The molecule has 0 heterocycles. The van der Waals surface area contributed by atoms with Gasteiger partial charge in [-0.3, -0.25) is 0 Å². The maximum Gasteiger partial charge on any atom is 0.315 e. The number of amides is 2. The summed E-state index contributed by atoms with van der Waals surface area (Å²) in [5.74, 6) is 0. The molecule has 1 saturated carbocycles. The van der Waals surface area contributed by atoms with Gasteiger partial charge in [0.1, 0.15) is 0 Å². The van der Waals surface area contributed by atoms with E-state index in [0.717, 1.165) is 30.4 Å². The molecule has 0 atom stereocenters. The maximum absolute atomic E-state index is 11.7. The molecule has 0 aliphatic heterocycles. The Morgan fingerprint density at radius 1 is 1.24 bits per heavy atom. The van der Waals surface area contributed by atoms with Crippen LogP contribution in [0.1, 0.15) is 37.3 Å². The minimum Gasteiger partial charge on any atom is -0.388 e. The van der Waals surface area contributed by atoms with Gasteiger partial charge in [0.2, 0.25) is 0 Å². The standard InChI is InChI=1S/C16H24N2O3/c1-2-21-11-14-6-4-13(5-7-14)10-17-15(19)18-12-16(20)8-3-9-16/h4-7,20H,2-3,8-12H2,1H3,(H2,17,18,19). The highest BCUT2D eigenvalue weighted by Crippen LogP contribution is 2.30. The average Bonchev–Trinajstić information content (AvgIpc) is 2.48. The van der Waals surface area contributed by atoms with Gasteiger partial charge in [0.05, 0.1) is 12.2 Å². The lowest BCUT2D eigenvalue weighted by atomic mass is 9.80. The van der Waals surface area contributed by atoms with Crippen molar-refractivity contribution in [2.75, 3.05) is 13.2 Å². The molecule has 0 unspecified atom stereocenters. The smallest absolute Gasteiger partial charge is 0.315 e. The molecule has 0 bridgehead atoms. The normalized spacial score (nSPS) is 16.1. The van der Waals surface area contributed by atoms with Crippen molar-refractivity contribution in [3.8, 4) is 0 Å². The number of urea groups is 1. The number of rotatable bonds is 7. The zero-order chi connectivity index (χ0) is 15.1. The van der Waals surface area contributed by atoms with E-state index in [4.69, 9.17) is 4.74 Å². The molecule has 1 aromatic rings. The molecule has 0 radical (unpaired) electrons. The second kappa shape index (κ2) is 7.43. The fourth-order valence-corrected chi connectivity index (χ4v) is 2.22. The van der Waals surface area contributed by atoms with Crippen molar-refractivity contribution in [3.63, 3.8) is 0 Å². The number of hydrogen-bond acceptors (Lipinski definition) is 3. The van der Waals surface area contributed by atoms with Crippen molar-refractivity contribution in [1.82, 2.24) is 10.6 Å². The van der Waals surface area contributed by atoms with Crippen LogP contribution in [0.3, 0.4) is 0 Å². The van der Waals surface area contributed by atoms with E-state index in [-0.39, 0.29) is 6.03 Å². The molecule has 3 N–H and O–H groups in total. The van der Waals surface area contributed by atoms with Crippen LogP contribution in [0.4, 0.5) is 4.79 Å². The molecule has 116 valence electrons. The van der Waals surface area contributed by atoms with Crippen LogP contribution in [0.15, 0.2) is 24.3 Å². The lowest BCUT2D eigenvalue weighted by Gasteiger charge is -2.36. The molecule has 5 nitrogen and oxygen atoms in total. The summed E-state index contributed by atoms with van der Waals surface area (Å²) in [6, 6.07) is 7.72. The van der Waals surface area contributed by atoms with Crippen molar-refractivity contribution < 1.29 is 14.6 Å². The molecule has 0 aromatic heterocycles. The second-order valence-electron chi connectivity index (χ2n) is 5.57. The van der Waals surface area contributed by atoms with Crippen LogP contribution < -0.4 is 10.6 Å². The topological polar surface area (TPSA) is 70.6 Å². The van der Waals surface area contributed by atoms with Crippen LogP contribution in [0.25, 0.3) is 0 Å². The van der Waals surface area contributed by atoms with E-state index in [1.54, 1.807) is 0 Å². The van der Waals surface area contributed by atoms with Gasteiger partial charge < -0.3 is 20.5 Å². The summed E-state index contributed by atoms with van der Waals surface area (Å²) in [4.78, 5) is 11.7. The molecule has 1 fully saturated rings. The first-order valence-electron chi connectivity index (χ1n) is 7.51. The summed E-state index contributed by atoms with van der Waals surface area (Å²) >= 11 is 0. The Bertz CT molecular complexity index is 455. The number of benzene rings is 1. The first-order valence-corrected chi connectivity index (χ1v) is 7.51. The van der Waals surface area contributed by atoms with Crippen molar-refractivity contribution in [2.45, 2.75) is 44.9 Å². The molecule has 2 rings (SSSR count). The van der Waals surface area contributed by atoms with Gasteiger partial charge >= 0.3 is 6.03 Å². The number of hydrogen-bond donors (Lipinski definition) is 3. The Labute approximate surface area is 125 Å². The van der Waals surface area contributed by atoms with Crippen LogP contribution >= 0.6 is 0 Å². The molecule has 2 amide bonds. The van der Waals surface area contributed by atoms with Gasteiger partial charge in [-0.25, -0.2) is 4.79 Å². The summed E-state index contributed by atoms with van der Waals surface area (Å²) < 4.78 is 5.33. The lowest BCUT2D eigenvalue weighted by Crippen LogP contribution is -2.49. The van der Waals surface area contributed by atoms with Gasteiger partial charge in [-0.15, -0.1) is 0 Å². The van der Waals surface area contributed by atoms with Crippen LogP contribution in [-0.4, -0.2) is 29.9 Å². The molecule has 1 aliphatic rings. The summed E-state index contributed by atoms with van der Waals surface area (Å²) in [5, 5.41) is 15.4. The van der Waals surface area contributed by atoms with Crippen molar-refractivity contribution in [1.29, 1.82) is 0 Å². The van der Waals surface area contributed by atoms with E-state index in [2.05, 4.69) is 10.6 Å². The third kappa shape index (κ3) is 5.02. The minimum atomic E-state index is -0.682. The Balaban J connectivity index is 1.68. The molecule has 0 spiro atoms. The highest BCUT2D eigenvalue weighted by Gasteiger charge is 2.34. The van der Waals surface area contributed by atoms with Crippen LogP contribution in [0.2, 0.25) is 0 Å². The number of carbonyl (C=O) groups excluding carboxylic acids is 1. The van der Waals surface area contributed by atoms with E-state index in [9.17, 15) is 9.90 Å². The fourth-order valence-electron chi connectivity index (χ4n) is 2.22. The average molecular weight is 292 g/mol. The van der Waals surface area contributed by atoms with Gasteiger partial charge in [-0.1, -0.05) is 24.3 Å². The molecular formula is C16H24N2O3. The highest BCUT2D eigenvalue weighted by atomic mass is 16.5. The van der Waals surface area contributed by atoms with Crippen LogP contribution in [0, 0.1) is 0 Å². The summed E-state index contributed by atoms with van der Waals surface area (Å²) in [6.45, 7) is 4.08. The largest absolute Gasteiger partial charge is 0.388 e. The zero-order valence-electron chi connectivity index (χ0n) is 12.5. The van der Waals surface area contributed by atoms with Gasteiger partial charge in [0, 0.05) is 19.7 Å². The second-order valence-corrected chi connectivity index (χ2v) is 5.57. The quantitative estimate of drug-likeness (QED) is 0.719. The third-order valence-corrected chi connectivity index (χ3v) is 3.81. The Kier molecular flexibility index (Phi) is 5.59.